The summed E-state index contributed by atoms with van der Waals surface area (Å²) in [7, 11) is 3.21. The van der Waals surface area contributed by atoms with Crippen molar-refractivity contribution in [2.75, 3.05) is 27.3 Å². The van der Waals surface area contributed by atoms with Crippen molar-refractivity contribution in [3.63, 3.8) is 0 Å². The number of nitrogens with zero attached hydrogens (tertiary/aromatic N) is 1. The van der Waals surface area contributed by atoms with Gasteiger partial charge in [0.15, 0.2) is 11.5 Å². The predicted octanol–water partition coefficient (Wildman–Crippen LogP) is 3.68. The highest BCUT2D eigenvalue weighted by molar-refractivity contribution is 6.31. The number of nitrogens with one attached hydrogen (secondary N) is 1. The zero-order valence-electron chi connectivity index (χ0n) is 16.4. The molecule has 150 valence electrons. The zero-order valence-corrected chi connectivity index (χ0v) is 17.2. The highest BCUT2D eigenvalue weighted by atomic mass is 35.5. The molecule has 1 heterocycles. The van der Waals surface area contributed by atoms with E-state index in [0.29, 0.717) is 30.6 Å². The van der Waals surface area contributed by atoms with Crippen LogP contribution in [0.15, 0.2) is 42.5 Å². The van der Waals surface area contributed by atoms with Gasteiger partial charge < -0.3 is 14.8 Å². The molecule has 1 unspecified atom stereocenters. The van der Waals surface area contributed by atoms with E-state index in [1.54, 1.807) is 14.2 Å². The van der Waals surface area contributed by atoms with E-state index in [4.69, 9.17) is 21.1 Å². The van der Waals surface area contributed by atoms with E-state index in [9.17, 15) is 4.79 Å². The Balaban J connectivity index is 1.53. The maximum atomic E-state index is 12.5. The van der Waals surface area contributed by atoms with Crippen molar-refractivity contribution in [1.82, 2.24) is 10.2 Å². The number of likely N-dealkylation sites (tertiary alicyclic amines) is 1. The maximum Gasteiger partial charge on any atom is 0.234 e. The van der Waals surface area contributed by atoms with Crippen LogP contribution in [0.5, 0.6) is 11.5 Å². The Morgan fingerprint density at radius 2 is 1.96 bits per heavy atom. The van der Waals surface area contributed by atoms with Gasteiger partial charge in [0.2, 0.25) is 5.91 Å². The Hall–Kier alpha value is -2.24. The topological polar surface area (TPSA) is 50.8 Å². The summed E-state index contributed by atoms with van der Waals surface area (Å²) >= 11 is 6.30. The van der Waals surface area contributed by atoms with E-state index in [0.717, 1.165) is 42.0 Å². The third-order valence-corrected chi connectivity index (χ3v) is 5.57. The fraction of sp³-hybridized carbons (Fsp3) is 0.409. The predicted molar refractivity (Wildman–Crippen MR) is 111 cm³/mol. The minimum atomic E-state index is 0.0286. The molecule has 0 radical (unpaired) electrons. The van der Waals surface area contributed by atoms with Gasteiger partial charge >= 0.3 is 0 Å². The molecule has 0 bridgehead atoms. The van der Waals surface area contributed by atoms with Crippen LogP contribution in [0.1, 0.15) is 24.0 Å². The number of hydrogen-bond donors (Lipinski definition) is 1. The van der Waals surface area contributed by atoms with E-state index >= 15 is 0 Å². The van der Waals surface area contributed by atoms with Gasteiger partial charge in [0.1, 0.15) is 0 Å². The summed E-state index contributed by atoms with van der Waals surface area (Å²) in [6, 6.07) is 14.0. The van der Waals surface area contributed by atoms with E-state index in [1.807, 2.05) is 36.4 Å². The normalized spacial score (nSPS) is 16.8. The molecule has 1 fully saturated rings. The molecular formula is C22H27ClN2O3. The Labute approximate surface area is 171 Å². The third-order valence-electron chi connectivity index (χ3n) is 5.20. The second-order valence-electron chi connectivity index (χ2n) is 7.03. The highest BCUT2D eigenvalue weighted by Crippen LogP contribution is 2.27. The number of amides is 1. The molecule has 28 heavy (non-hydrogen) atoms. The lowest BCUT2D eigenvalue weighted by molar-refractivity contribution is -0.122. The number of ether oxygens (including phenoxy) is 2. The molecule has 0 aromatic heterocycles. The molecule has 2 aromatic rings. The molecule has 0 aliphatic carbocycles. The minimum absolute atomic E-state index is 0.0286. The Kier molecular flexibility index (Phi) is 7.18. The molecule has 1 amide bonds. The van der Waals surface area contributed by atoms with Gasteiger partial charge in [0, 0.05) is 17.6 Å². The number of rotatable bonds is 8. The Morgan fingerprint density at radius 1 is 1.18 bits per heavy atom. The SMILES string of the molecule is COc1ccc(CNC(=O)CN2CCCC2Cc2ccccc2Cl)cc1OC. The minimum Gasteiger partial charge on any atom is -0.493 e. The summed E-state index contributed by atoms with van der Waals surface area (Å²) in [6.45, 7) is 1.81. The molecular weight excluding hydrogens is 376 g/mol. The first-order valence-electron chi connectivity index (χ1n) is 9.55. The molecule has 0 saturated carbocycles. The van der Waals surface area contributed by atoms with Crippen LogP contribution in [0, 0.1) is 0 Å². The quantitative estimate of drug-likeness (QED) is 0.731. The van der Waals surface area contributed by atoms with Crippen molar-refractivity contribution in [1.29, 1.82) is 0 Å². The second kappa shape index (κ2) is 9.80. The molecule has 3 rings (SSSR count). The lowest BCUT2D eigenvalue weighted by Crippen LogP contribution is -2.40. The van der Waals surface area contributed by atoms with Gasteiger partial charge in [-0.2, -0.15) is 0 Å². The van der Waals surface area contributed by atoms with Crippen LogP contribution in [-0.4, -0.2) is 44.2 Å². The zero-order chi connectivity index (χ0) is 19.9. The molecule has 6 heteroatoms. The van der Waals surface area contributed by atoms with Crippen LogP contribution in [0.3, 0.4) is 0 Å². The molecule has 0 spiro atoms. The molecule has 1 saturated heterocycles. The Morgan fingerprint density at radius 3 is 2.71 bits per heavy atom. The van der Waals surface area contributed by atoms with Crippen LogP contribution in [-0.2, 0) is 17.8 Å². The van der Waals surface area contributed by atoms with Gasteiger partial charge in [-0.05, 0) is 55.1 Å². The number of hydrogen-bond acceptors (Lipinski definition) is 4. The first kappa shape index (κ1) is 20.5. The molecule has 5 nitrogen and oxygen atoms in total. The van der Waals surface area contributed by atoms with Crippen LogP contribution in [0.25, 0.3) is 0 Å². The summed E-state index contributed by atoms with van der Waals surface area (Å²) in [5.41, 5.74) is 2.12. The van der Waals surface area contributed by atoms with Gasteiger partial charge in [-0.15, -0.1) is 0 Å². The number of halogens is 1. The monoisotopic (exact) mass is 402 g/mol. The lowest BCUT2D eigenvalue weighted by Gasteiger charge is -2.24. The van der Waals surface area contributed by atoms with Crippen LogP contribution < -0.4 is 14.8 Å². The molecule has 1 aliphatic heterocycles. The summed E-state index contributed by atoms with van der Waals surface area (Å²) in [5.74, 6) is 1.37. The van der Waals surface area contributed by atoms with E-state index < -0.39 is 0 Å². The molecule has 1 N–H and O–H groups in total. The number of methoxy groups -OCH3 is 2. The summed E-state index contributed by atoms with van der Waals surface area (Å²) in [4.78, 5) is 14.7. The van der Waals surface area contributed by atoms with E-state index in [1.165, 1.54) is 0 Å². The number of carbonyl (C=O) groups is 1. The highest BCUT2D eigenvalue weighted by Gasteiger charge is 2.26. The van der Waals surface area contributed by atoms with Gasteiger partial charge in [-0.3, -0.25) is 9.69 Å². The van der Waals surface area contributed by atoms with E-state index in [-0.39, 0.29) is 5.91 Å². The van der Waals surface area contributed by atoms with Crippen molar-refractivity contribution in [3.05, 3.63) is 58.6 Å². The first-order valence-corrected chi connectivity index (χ1v) is 9.93. The second-order valence-corrected chi connectivity index (χ2v) is 7.44. The van der Waals surface area contributed by atoms with Crippen LogP contribution in [0.4, 0.5) is 0 Å². The van der Waals surface area contributed by atoms with E-state index in [2.05, 4.69) is 16.3 Å². The largest absolute Gasteiger partial charge is 0.493 e. The molecule has 1 atom stereocenters. The average Bonchev–Trinajstić information content (AvgIpc) is 3.14. The van der Waals surface area contributed by atoms with Crippen molar-refractivity contribution in [2.24, 2.45) is 0 Å². The van der Waals surface area contributed by atoms with Gasteiger partial charge in [0.05, 0.1) is 20.8 Å². The lowest BCUT2D eigenvalue weighted by atomic mass is 10.0. The fourth-order valence-corrected chi connectivity index (χ4v) is 3.90. The third kappa shape index (κ3) is 5.18. The van der Waals surface area contributed by atoms with Crippen LogP contribution >= 0.6 is 11.6 Å². The fourth-order valence-electron chi connectivity index (χ4n) is 3.68. The smallest absolute Gasteiger partial charge is 0.234 e. The summed E-state index contributed by atoms with van der Waals surface area (Å²) in [6.07, 6.45) is 3.08. The number of benzene rings is 2. The summed E-state index contributed by atoms with van der Waals surface area (Å²) < 4.78 is 10.6. The first-order chi connectivity index (χ1) is 13.6. The molecule has 2 aromatic carbocycles. The van der Waals surface area contributed by atoms with Crippen molar-refractivity contribution in [2.45, 2.75) is 31.8 Å². The van der Waals surface area contributed by atoms with Gasteiger partial charge in [0.25, 0.3) is 0 Å². The van der Waals surface area contributed by atoms with Crippen molar-refractivity contribution < 1.29 is 14.3 Å². The standard InChI is InChI=1S/C22H27ClN2O3/c1-27-20-10-9-16(12-21(20)28-2)14-24-22(26)15-25-11-5-7-18(25)13-17-6-3-4-8-19(17)23/h3-4,6,8-10,12,18H,5,7,11,13-15H2,1-2H3,(H,24,26). The summed E-state index contributed by atoms with van der Waals surface area (Å²) in [5, 5.41) is 3.81. The van der Waals surface area contributed by atoms with Crippen molar-refractivity contribution in [3.8, 4) is 11.5 Å². The van der Waals surface area contributed by atoms with Gasteiger partial charge in [-0.1, -0.05) is 35.9 Å². The van der Waals surface area contributed by atoms with Crippen molar-refractivity contribution >= 4 is 17.5 Å². The Bertz CT molecular complexity index is 812. The number of carbonyl (C=O) groups excluding carboxylic acids is 1. The van der Waals surface area contributed by atoms with Crippen LogP contribution in [0.2, 0.25) is 5.02 Å². The van der Waals surface area contributed by atoms with Gasteiger partial charge in [-0.25, -0.2) is 0 Å². The molecule has 1 aliphatic rings. The maximum absolute atomic E-state index is 12.5. The average molecular weight is 403 g/mol.